The molecule has 0 saturated heterocycles. The van der Waals surface area contributed by atoms with Crippen molar-refractivity contribution in [2.24, 2.45) is 0 Å². The number of hydrogen-bond donors (Lipinski definition) is 1. The lowest BCUT2D eigenvalue weighted by Gasteiger charge is -2.08. The van der Waals surface area contributed by atoms with Crippen LogP contribution in [0.2, 0.25) is 10.0 Å². The molecule has 0 heterocycles. The number of aliphatic carboxylic acids is 1. The van der Waals surface area contributed by atoms with E-state index in [0.717, 1.165) is 0 Å². The first-order valence-electron chi connectivity index (χ1n) is 3.93. The van der Waals surface area contributed by atoms with Crippen LogP contribution in [0, 0.1) is 0 Å². The van der Waals surface area contributed by atoms with E-state index in [0.29, 0.717) is 10.8 Å². The molecule has 1 N–H and O–H groups in total. The van der Waals surface area contributed by atoms with E-state index in [1.165, 1.54) is 19.2 Å². The molecule has 0 bridgehead atoms. The van der Waals surface area contributed by atoms with Crippen LogP contribution in [0.15, 0.2) is 18.7 Å². The highest BCUT2D eigenvalue weighted by Crippen LogP contribution is 2.33. The third-order valence-corrected chi connectivity index (χ3v) is 2.43. The second-order valence-electron chi connectivity index (χ2n) is 2.75. The van der Waals surface area contributed by atoms with Gasteiger partial charge in [-0.15, -0.1) is 0 Å². The summed E-state index contributed by atoms with van der Waals surface area (Å²) in [6.45, 7) is 3.40. The fraction of sp³-hybridized carbons (Fsp3) is 0.100. The first-order valence-corrected chi connectivity index (χ1v) is 4.68. The summed E-state index contributed by atoms with van der Waals surface area (Å²) in [5.74, 6) is -0.748. The number of methoxy groups -OCH3 is 1. The minimum absolute atomic E-state index is 0.107. The van der Waals surface area contributed by atoms with Gasteiger partial charge in [-0.2, -0.15) is 0 Å². The molecule has 1 rings (SSSR count). The summed E-state index contributed by atoms with van der Waals surface area (Å²) in [5.41, 5.74) is 0.180. The number of halogens is 2. The molecule has 1 aromatic rings. The van der Waals surface area contributed by atoms with E-state index in [1.54, 1.807) is 0 Å². The summed E-state index contributed by atoms with van der Waals surface area (Å²) in [7, 11) is 1.45. The standard InChI is InChI=1S/C10H8Cl2O3/c1-5(10(13)14)6-3-8(12)9(15-2)4-7(6)11/h3-4H,1H2,2H3,(H,13,14). The fourth-order valence-corrected chi connectivity index (χ4v) is 1.54. The summed E-state index contributed by atoms with van der Waals surface area (Å²) in [4.78, 5) is 10.7. The van der Waals surface area contributed by atoms with Crippen LogP contribution in [-0.2, 0) is 4.79 Å². The third-order valence-electron chi connectivity index (χ3n) is 1.82. The van der Waals surface area contributed by atoms with E-state index < -0.39 is 5.97 Å². The van der Waals surface area contributed by atoms with Crippen LogP contribution >= 0.6 is 23.2 Å². The maximum absolute atomic E-state index is 10.7. The van der Waals surface area contributed by atoms with Gasteiger partial charge in [0.15, 0.2) is 0 Å². The van der Waals surface area contributed by atoms with Gasteiger partial charge >= 0.3 is 5.97 Å². The Labute approximate surface area is 96.9 Å². The van der Waals surface area contributed by atoms with Crippen LogP contribution in [0.1, 0.15) is 5.56 Å². The molecular formula is C10H8Cl2O3. The normalized spacial score (nSPS) is 9.80. The van der Waals surface area contributed by atoms with Crippen molar-refractivity contribution in [1.82, 2.24) is 0 Å². The molecule has 0 aliphatic carbocycles. The molecule has 0 aromatic heterocycles. The predicted molar refractivity (Wildman–Crippen MR) is 59.7 cm³/mol. The summed E-state index contributed by atoms with van der Waals surface area (Å²) >= 11 is 11.7. The van der Waals surface area contributed by atoms with E-state index in [4.69, 9.17) is 33.0 Å². The molecule has 0 atom stereocenters. The van der Waals surface area contributed by atoms with Crippen molar-refractivity contribution in [3.63, 3.8) is 0 Å². The Balaban J connectivity index is 3.28. The van der Waals surface area contributed by atoms with E-state index in [1.807, 2.05) is 0 Å². The van der Waals surface area contributed by atoms with Crippen LogP contribution in [0.3, 0.4) is 0 Å². The van der Waals surface area contributed by atoms with Gasteiger partial charge in [0.2, 0.25) is 0 Å². The van der Waals surface area contributed by atoms with E-state index in [9.17, 15) is 4.79 Å². The molecule has 0 unspecified atom stereocenters. The zero-order chi connectivity index (χ0) is 11.6. The van der Waals surface area contributed by atoms with Crippen molar-refractivity contribution in [3.8, 4) is 5.75 Å². The quantitative estimate of drug-likeness (QED) is 0.834. The predicted octanol–water partition coefficient (Wildman–Crippen LogP) is 3.10. The topological polar surface area (TPSA) is 46.5 Å². The van der Waals surface area contributed by atoms with E-state index in [2.05, 4.69) is 6.58 Å². The summed E-state index contributed by atoms with van der Waals surface area (Å²) in [5, 5.41) is 9.28. The molecular weight excluding hydrogens is 239 g/mol. The van der Waals surface area contributed by atoms with Crippen molar-refractivity contribution < 1.29 is 14.6 Å². The molecule has 0 aliphatic heterocycles. The monoisotopic (exact) mass is 246 g/mol. The Bertz CT molecular complexity index is 427. The maximum atomic E-state index is 10.7. The van der Waals surface area contributed by atoms with E-state index >= 15 is 0 Å². The largest absolute Gasteiger partial charge is 0.495 e. The van der Waals surface area contributed by atoms with Gasteiger partial charge in [0, 0.05) is 11.6 Å². The summed E-state index contributed by atoms with van der Waals surface area (Å²) in [6, 6.07) is 2.87. The number of ether oxygens (including phenoxy) is 1. The summed E-state index contributed by atoms with van der Waals surface area (Å²) in [6.07, 6.45) is 0. The number of carboxylic acids is 1. The van der Waals surface area contributed by atoms with Crippen molar-refractivity contribution in [1.29, 1.82) is 0 Å². The molecule has 3 nitrogen and oxygen atoms in total. The van der Waals surface area contributed by atoms with Crippen molar-refractivity contribution in [3.05, 3.63) is 34.3 Å². The van der Waals surface area contributed by atoms with Gasteiger partial charge in [-0.1, -0.05) is 29.8 Å². The van der Waals surface area contributed by atoms with Crippen LogP contribution in [0.5, 0.6) is 5.75 Å². The molecule has 0 spiro atoms. The van der Waals surface area contributed by atoms with Gasteiger partial charge in [-0.3, -0.25) is 0 Å². The molecule has 80 valence electrons. The second kappa shape index (κ2) is 4.55. The Morgan fingerprint density at radius 2 is 2.00 bits per heavy atom. The minimum Gasteiger partial charge on any atom is -0.495 e. The van der Waals surface area contributed by atoms with Crippen molar-refractivity contribution in [2.75, 3.05) is 7.11 Å². The highest BCUT2D eigenvalue weighted by atomic mass is 35.5. The first kappa shape index (κ1) is 11.9. The number of benzene rings is 1. The molecule has 0 aliphatic rings. The third kappa shape index (κ3) is 2.43. The average molecular weight is 247 g/mol. The molecule has 0 amide bonds. The number of carbonyl (C=O) groups is 1. The van der Waals surface area contributed by atoms with Gasteiger partial charge in [0.05, 0.1) is 22.7 Å². The van der Waals surface area contributed by atoms with Crippen molar-refractivity contribution in [2.45, 2.75) is 0 Å². The molecule has 0 radical (unpaired) electrons. The van der Waals surface area contributed by atoms with Gasteiger partial charge in [-0.05, 0) is 6.07 Å². The average Bonchev–Trinajstić information content (AvgIpc) is 2.19. The lowest BCUT2D eigenvalue weighted by molar-refractivity contribution is -0.130. The SMILES string of the molecule is C=C(C(=O)O)c1cc(Cl)c(OC)cc1Cl. The molecule has 0 saturated carbocycles. The zero-order valence-corrected chi connectivity index (χ0v) is 9.39. The number of hydrogen-bond acceptors (Lipinski definition) is 2. The second-order valence-corrected chi connectivity index (χ2v) is 3.56. The Kier molecular flexibility index (Phi) is 3.61. The van der Waals surface area contributed by atoms with Gasteiger partial charge in [0.25, 0.3) is 0 Å². The lowest BCUT2D eigenvalue weighted by Crippen LogP contribution is -1.99. The highest BCUT2D eigenvalue weighted by molar-refractivity contribution is 6.37. The van der Waals surface area contributed by atoms with Crippen molar-refractivity contribution >= 4 is 34.7 Å². The minimum atomic E-state index is -1.14. The number of rotatable bonds is 3. The lowest BCUT2D eigenvalue weighted by atomic mass is 10.1. The van der Waals surface area contributed by atoms with Crippen LogP contribution in [0.25, 0.3) is 5.57 Å². The highest BCUT2D eigenvalue weighted by Gasteiger charge is 2.14. The Morgan fingerprint density at radius 3 is 2.47 bits per heavy atom. The molecule has 15 heavy (non-hydrogen) atoms. The van der Waals surface area contributed by atoms with Crippen LogP contribution in [0.4, 0.5) is 0 Å². The first-order chi connectivity index (χ1) is 6.97. The van der Waals surface area contributed by atoms with Crippen LogP contribution < -0.4 is 4.74 Å². The van der Waals surface area contributed by atoms with E-state index in [-0.39, 0.29) is 16.2 Å². The fourth-order valence-electron chi connectivity index (χ4n) is 1.03. The van der Waals surface area contributed by atoms with Crippen LogP contribution in [-0.4, -0.2) is 18.2 Å². The molecule has 1 aromatic carbocycles. The Hall–Kier alpha value is -1.19. The van der Waals surface area contributed by atoms with Gasteiger partial charge < -0.3 is 9.84 Å². The zero-order valence-electron chi connectivity index (χ0n) is 7.88. The molecule has 5 heteroatoms. The summed E-state index contributed by atoms with van der Waals surface area (Å²) < 4.78 is 4.93. The van der Waals surface area contributed by atoms with Gasteiger partial charge in [-0.25, -0.2) is 4.79 Å². The maximum Gasteiger partial charge on any atom is 0.335 e. The smallest absolute Gasteiger partial charge is 0.335 e. The molecule has 0 fully saturated rings. The number of carboxylic acid groups (broad SMARTS) is 1. The van der Waals surface area contributed by atoms with Gasteiger partial charge in [0.1, 0.15) is 5.75 Å². The Morgan fingerprint density at radius 1 is 1.40 bits per heavy atom.